The van der Waals surface area contributed by atoms with E-state index in [-0.39, 0.29) is 23.6 Å². The number of ether oxygens (including phenoxy) is 1. The molecule has 0 aromatic carbocycles. The quantitative estimate of drug-likeness (QED) is 0.550. The Kier molecular flexibility index (Phi) is 5.73. The second-order valence-corrected chi connectivity index (χ2v) is 9.54. The van der Waals surface area contributed by atoms with Crippen LogP contribution in [-0.2, 0) is 14.3 Å². The number of fused-ring (bicyclic) bond motifs is 2. The van der Waals surface area contributed by atoms with Gasteiger partial charge in [0.1, 0.15) is 5.76 Å². The van der Waals surface area contributed by atoms with Crippen LogP contribution in [0, 0.1) is 29.1 Å². The number of allylic oxidation sites excluding steroid dienone is 5. The summed E-state index contributed by atoms with van der Waals surface area (Å²) in [4.78, 5) is 25.4. The van der Waals surface area contributed by atoms with Crippen LogP contribution >= 0.6 is 0 Å². The Morgan fingerprint density at radius 2 is 1.86 bits per heavy atom. The first-order valence-electron chi connectivity index (χ1n) is 10.6. The lowest BCUT2D eigenvalue weighted by Gasteiger charge is -2.33. The number of carbonyl (C=O) groups excluding carboxylic acids is 2. The third-order valence-corrected chi connectivity index (χ3v) is 7.12. The van der Waals surface area contributed by atoms with E-state index >= 15 is 0 Å². The van der Waals surface area contributed by atoms with E-state index < -0.39 is 17.4 Å². The topological polar surface area (TPSA) is 63.6 Å². The lowest BCUT2D eigenvalue weighted by Crippen LogP contribution is -2.32. The zero-order chi connectivity index (χ0) is 20.8. The van der Waals surface area contributed by atoms with Crippen molar-refractivity contribution in [3.63, 3.8) is 0 Å². The molecule has 1 heterocycles. The second kappa shape index (κ2) is 7.62. The van der Waals surface area contributed by atoms with E-state index in [4.69, 9.17) is 4.74 Å². The van der Waals surface area contributed by atoms with Gasteiger partial charge in [0.2, 0.25) is 0 Å². The Morgan fingerprint density at radius 1 is 1.18 bits per heavy atom. The SMILES string of the molecule is C/C1=C2/OC(=O)[C@H]([C@H](C)O)[C@@H]2/C=C(\C)CC[C@H]2C(C(C)C)=CC(=O)[C@]2(C)CC1. The highest BCUT2D eigenvalue weighted by Gasteiger charge is 2.48. The molecule has 154 valence electrons. The van der Waals surface area contributed by atoms with Crippen molar-refractivity contribution in [3.05, 3.63) is 34.6 Å². The molecule has 1 fully saturated rings. The molecule has 0 unspecified atom stereocenters. The molecule has 4 nitrogen and oxygen atoms in total. The normalized spacial score (nSPS) is 39.5. The van der Waals surface area contributed by atoms with Crippen LogP contribution < -0.4 is 0 Å². The molecule has 1 saturated heterocycles. The van der Waals surface area contributed by atoms with E-state index in [1.54, 1.807) is 6.92 Å². The summed E-state index contributed by atoms with van der Waals surface area (Å²) in [5.74, 6) is 0.429. The monoisotopic (exact) mass is 386 g/mol. The van der Waals surface area contributed by atoms with E-state index in [0.29, 0.717) is 11.7 Å². The summed E-state index contributed by atoms with van der Waals surface area (Å²) in [6.45, 7) is 12.2. The minimum absolute atomic E-state index is 0.214. The number of rotatable bonds is 2. The number of hydrogen-bond acceptors (Lipinski definition) is 4. The predicted octanol–water partition coefficient (Wildman–Crippen LogP) is 4.74. The molecular formula is C24H34O4. The smallest absolute Gasteiger partial charge is 0.317 e. The number of aliphatic hydroxyl groups is 1. The molecule has 28 heavy (non-hydrogen) atoms. The average molecular weight is 387 g/mol. The summed E-state index contributed by atoms with van der Waals surface area (Å²) in [7, 11) is 0. The van der Waals surface area contributed by atoms with Crippen molar-refractivity contribution in [1.82, 2.24) is 0 Å². The summed E-state index contributed by atoms with van der Waals surface area (Å²) >= 11 is 0. The van der Waals surface area contributed by atoms with Crippen molar-refractivity contribution in [3.8, 4) is 0 Å². The highest BCUT2D eigenvalue weighted by Crippen LogP contribution is 2.50. The van der Waals surface area contributed by atoms with E-state index in [1.807, 2.05) is 13.0 Å². The molecule has 0 radical (unpaired) electrons. The lowest BCUT2D eigenvalue weighted by atomic mass is 9.69. The van der Waals surface area contributed by atoms with Gasteiger partial charge < -0.3 is 9.84 Å². The Bertz CT molecular complexity index is 767. The zero-order valence-electron chi connectivity index (χ0n) is 18.0. The number of carbonyl (C=O) groups is 2. The lowest BCUT2D eigenvalue weighted by molar-refractivity contribution is -0.142. The second-order valence-electron chi connectivity index (χ2n) is 9.54. The van der Waals surface area contributed by atoms with Gasteiger partial charge in [-0.25, -0.2) is 0 Å². The average Bonchev–Trinajstić information content (AvgIpc) is 3.05. The van der Waals surface area contributed by atoms with Crippen LogP contribution in [-0.4, -0.2) is 23.0 Å². The van der Waals surface area contributed by atoms with Crippen LogP contribution in [0.5, 0.6) is 0 Å². The third kappa shape index (κ3) is 3.52. The summed E-state index contributed by atoms with van der Waals surface area (Å²) in [5.41, 5.74) is 3.08. The molecule has 3 rings (SSSR count). The predicted molar refractivity (Wildman–Crippen MR) is 109 cm³/mol. The maximum Gasteiger partial charge on any atom is 0.317 e. The first-order valence-corrected chi connectivity index (χ1v) is 10.6. The zero-order valence-corrected chi connectivity index (χ0v) is 18.0. The van der Waals surface area contributed by atoms with Crippen LogP contribution in [0.3, 0.4) is 0 Å². The molecular weight excluding hydrogens is 352 g/mol. The van der Waals surface area contributed by atoms with Gasteiger partial charge in [-0.3, -0.25) is 9.59 Å². The van der Waals surface area contributed by atoms with Crippen LogP contribution in [0.2, 0.25) is 0 Å². The van der Waals surface area contributed by atoms with Gasteiger partial charge in [0.25, 0.3) is 0 Å². The molecule has 1 aliphatic heterocycles. The van der Waals surface area contributed by atoms with Gasteiger partial charge >= 0.3 is 5.97 Å². The molecule has 0 bridgehead atoms. The molecule has 5 atom stereocenters. The first-order chi connectivity index (χ1) is 13.1. The summed E-state index contributed by atoms with van der Waals surface area (Å²) in [6, 6.07) is 0. The molecule has 0 spiro atoms. The van der Waals surface area contributed by atoms with Crippen molar-refractivity contribution in [1.29, 1.82) is 0 Å². The van der Waals surface area contributed by atoms with Gasteiger partial charge in [0.15, 0.2) is 5.78 Å². The van der Waals surface area contributed by atoms with Crippen molar-refractivity contribution in [2.24, 2.45) is 29.1 Å². The fraction of sp³-hybridized carbons (Fsp3) is 0.667. The molecule has 3 aliphatic rings. The fourth-order valence-corrected chi connectivity index (χ4v) is 5.24. The van der Waals surface area contributed by atoms with Gasteiger partial charge in [-0.1, -0.05) is 38.0 Å². The maximum atomic E-state index is 13.0. The molecule has 0 aromatic heterocycles. The summed E-state index contributed by atoms with van der Waals surface area (Å²) in [5, 5.41) is 10.2. The summed E-state index contributed by atoms with van der Waals surface area (Å²) < 4.78 is 5.64. The highest BCUT2D eigenvalue weighted by atomic mass is 16.5. The number of aliphatic hydroxyl groups excluding tert-OH is 1. The summed E-state index contributed by atoms with van der Waals surface area (Å²) in [6.07, 6.45) is 6.53. The highest BCUT2D eigenvalue weighted by molar-refractivity contribution is 5.98. The molecule has 0 aromatic rings. The Balaban J connectivity index is 2.02. The first kappa shape index (κ1) is 21.0. The Morgan fingerprint density at radius 3 is 2.46 bits per heavy atom. The minimum atomic E-state index is -0.758. The number of ketones is 1. The Labute approximate surface area is 168 Å². The van der Waals surface area contributed by atoms with Gasteiger partial charge in [0, 0.05) is 5.41 Å². The van der Waals surface area contributed by atoms with Gasteiger partial charge in [-0.2, -0.15) is 0 Å². The molecule has 1 N–H and O–H groups in total. The number of esters is 1. The standard InChI is InChI=1S/C24H34O4/c1-13(2)17-12-20(26)24(6)10-9-15(4)22-18(11-14(3)7-8-19(17)24)21(16(5)25)23(27)28-22/h11-13,16,18-19,21,25H,7-10H2,1-6H3/b14-11+,22-15-/t16-,18-,19-,21+,24+/m0/s1. The van der Waals surface area contributed by atoms with Crippen LogP contribution in [0.15, 0.2) is 34.6 Å². The third-order valence-electron chi connectivity index (χ3n) is 7.12. The van der Waals surface area contributed by atoms with Gasteiger partial charge in [-0.05, 0) is 69.9 Å². The Hall–Kier alpha value is -1.68. The maximum absolute atomic E-state index is 13.0. The van der Waals surface area contributed by atoms with E-state index in [0.717, 1.165) is 31.3 Å². The van der Waals surface area contributed by atoms with Crippen LogP contribution in [0.25, 0.3) is 0 Å². The largest absolute Gasteiger partial charge is 0.430 e. The van der Waals surface area contributed by atoms with E-state index in [9.17, 15) is 14.7 Å². The number of hydrogen-bond donors (Lipinski definition) is 1. The van der Waals surface area contributed by atoms with Crippen molar-refractivity contribution < 1.29 is 19.4 Å². The van der Waals surface area contributed by atoms with Crippen LogP contribution in [0.1, 0.15) is 67.2 Å². The molecule has 2 aliphatic carbocycles. The molecule has 0 saturated carbocycles. The van der Waals surface area contributed by atoms with Crippen molar-refractivity contribution in [2.45, 2.75) is 73.3 Å². The van der Waals surface area contributed by atoms with E-state index in [2.05, 4.69) is 33.8 Å². The van der Waals surface area contributed by atoms with E-state index in [1.165, 1.54) is 11.1 Å². The molecule has 0 amide bonds. The minimum Gasteiger partial charge on any atom is -0.430 e. The van der Waals surface area contributed by atoms with Crippen molar-refractivity contribution in [2.75, 3.05) is 0 Å². The fourth-order valence-electron chi connectivity index (χ4n) is 5.24. The van der Waals surface area contributed by atoms with Gasteiger partial charge in [-0.15, -0.1) is 0 Å². The van der Waals surface area contributed by atoms with Gasteiger partial charge in [0.05, 0.1) is 17.9 Å². The van der Waals surface area contributed by atoms with Crippen molar-refractivity contribution >= 4 is 11.8 Å². The van der Waals surface area contributed by atoms with Crippen LogP contribution in [0.4, 0.5) is 0 Å². The molecule has 4 heteroatoms.